The maximum absolute atomic E-state index is 12.5. The van der Waals surface area contributed by atoms with Gasteiger partial charge < -0.3 is 5.11 Å². The molecule has 0 spiro atoms. The van der Waals surface area contributed by atoms with Crippen molar-refractivity contribution in [3.8, 4) is 0 Å². The van der Waals surface area contributed by atoms with Crippen LogP contribution in [0.5, 0.6) is 0 Å². The number of fused-ring (bicyclic) bond motifs is 4. The van der Waals surface area contributed by atoms with Crippen LogP contribution in [-0.2, 0) is 14.4 Å². The Morgan fingerprint density at radius 1 is 0.950 bits per heavy atom. The Labute approximate surface area is 117 Å². The molecule has 0 radical (unpaired) electrons. The van der Waals surface area contributed by atoms with Crippen LogP contribution >= 0.6 is 0 Å². The predicted molar refractivity (Wildman–Crippen MR) is 68.4 cm³/mol. The van der Waals surface area contributed by atoms with Crippen molar-refractivity contribution in [2.24, 2.45) is 29.6 Å². The second-order valence-corrected chi connectivity index (χ2v) is 6.94. The fourth-order valence-corrected chi connectivity index (χ4v) is 5.21. The summed E-state index contributed by atoms with van der Waals surface area (Å²) >= 11 is 0. The molecule has 0 aromatic rings. The summed E-state index contributed by atoms with van der Waals surface area (Å²) in [6.45, 7) is 0. The molecule has 20 heavy (non-hydrogen) atoms. The van der Waals surface area contributed by atoms with Gasteiger partial charge in [-0.1, -0.05) is 0 Å². The average molecular weight is 277 g/mol. The molecule has 0 aromatic carbocycles. The number of nitrogens with zero attached hydrogens (tertiary/aromatic N) is 1. The van der Waals surface area contributed by atoms with E-state index in [9.17, 15) is 19.5 Å². The van der Waals surface area contributed by atoms with Gasteiger partial charge in [-0.25, -0.2) is 0 Å². The van der Waals surface area contributed by atoms with Gasteiger partial charge in [-0.05, 0) is 50.4 Å². The van der Waals surface area contributed by atoms with Crippen LogP contribution in [0, 0.1) is 29.6 Å². The highest BCUT2D eigenvalue weighted by Gasteiger charge is 2.58. The van der Waals surface area contributed by atoms with Crippen molar-refractivity contribution >= 4 is 17.8 Å². The van der Waals surface area contributed by atoms with Crippen LogP contribution in [0.15, 0.2) is 0 Å². The summed E-state index contributed by atoms with van der Waals surface area (Å²) in [7, 11) is 0. The number of piperidine rings is 1. The highest BCUT2D eigenvalue weighted by molar-refractivity contribution is 6.01. The van der Waals surface area contributed by atoms with Gasteiger partial charge in [-0.3, -0.25) is 19.3 Å². The lowest BCUT2D eigenvalue weighted by molar-refractivity contribution is -0.161. The normalized spacial score (nSPS) is 46.3. The van der Waals surface area contributed by atoms with Crippen molar-refractivity contribution in [3.63, 3.8) is 0 Å². The minimum atomic E-state index is -0.833. The summed E-state index contributed by atoms with van der Waals surface area (Å²) in [6, 6.07) is -0.366. The van der Waals surface area contributed by atoms with Crippen molar-refractivity contribution in [1.29, 1.82) is 0 Å². The highest BCUT2D eigenvalue weighted by Crippen LogP contribution is 2.52. The number of imide groups is 1. The van der Waals surface area contributed by atoms with Crippen LogP contribution in [-0.4, -0.2) is 33.8 Å². The van der Waals surface area contributed by atoms with Crippen LogP contribution < -0.4 is 0 Å². The van der Waals surface area contributed by atoms with Crippen LogP contribution in [0.25, 0.3) is 0 Å². The molecule has 5 heteroatoms. The second kappa shape index (κ2) is 4.06. The van der Waals surface area contributed by atoms with Crippen LogP contribution in [0.4, 0.5) is 0 Å². The van der Waals surface area contributed by atoms with Crippen LogP contribution in [0.2, 0.25) is 0 Å². The summed E-state index contributed by atoms with van der Waals surface area (Å²) in [5, 5.41) is 9.51. The number of carboxylic acid groups (broad SMARTS) is 1. The van der Waals surface area contributed by atoms with Crippen molar-refractivity contribution in [3.05, 3.63) is 0 Å². The zero-order valence-corrected chi connectivity index (χ0v) is 11.3. The SMILES string of the molecule is O=C(O)C1C2CCC(C2)C1N1C(=O)C2CCC(C2)C1=O. The minimum Gasteiger partial charge on any atom is -0.481 e. The lowest BCUT2D eigenvalue weighted by Gasteiger charge is -2.40. The van der Waals surface area contributed by atoms with Gasteiger partial charge in [0.2, 0.25) is 11.8 Å². The first-order valence-corrected chi connectivity index (χ1v) is 7.67. The zero-order chi connectivity index (χ0) is 14.0. The van der Waals surface area contributed by atoms with E-state index in [1.807, 2.05) is 0 Å². The van der Waals surface area contributed by atoms with Gasteiger partial charge in [-0.2, -0.15) is 0 Å². The van der Waals surface area contributed by atoms with E-state index in [2.05, 4.69) is 0 Å². The van der Waals surface area contributed by atoms with Gasteiger partial charge in [0.1, 0.15) is 0 Å². The summed E-state index contributed by atoms with van der Waals surface area (Å²) in [4.78, 5) is 38.1. The van der Waals surface area contributed by atoms with Gasteiger partial charge in [0, 0.05) is 11.8 Å². The fraction of sp³-hybridized carbons (Fsp3) is 0.800. The van der Waals surface area contributed by atoms with Gasteiger partial charge >= 0.3 is 5.97 Å². The Morgan fingerprint density at radius 3 is 2.15 bits per heavy atom. The molecule has 4 bridgehead atoms. The maximum Gasteiger partial charge on any atom is 0.308 e. The van der Waals surface area contributed by atoms with E-state index in [1.165, 1.54) is 4.90 Å². The molecule has 1 heterocycles. The number of rotatable bonds is 2. The number of aliphatic carboxylic acids is 1. The minimum absolute atomic E-state index is 0.0359. The Kier molecular flexibility index (Phi) is 2.51. The topological polar surface area (TPSA) is 74.7 Å². The molecule has 1 N–H and O–H groups in total. The molecular weight excluding hydrogens is 258 g/mol. The van der Waals surface area contributed by atoms with Gasteiger partial charge in [0.15, 0.2) is 0 Å². The summed E-state index contributed by atoms with van der Waals surface area (Å²) in [5.74, 6) is -1.24. The van der Waals surface area contributed by atoms with Crippen molar-refractivity contribution in [2.75, 3.05) is 0 Å². The number of amides is 2. The van der Waals surface area contributed by atoms with E-state index in [4.69, 9.17) is 0 Å². The fourth-order valence-electron chi connectivity index (χ4n) is 5.21. The lowest BCUT2D eigenvalue weighted by atomic mass is 9.81. The molecule has 0 aromatic heterocycles. The first-order chi connectivity index (χ1) is 9.58. The Bertz CT molecular complexity index is 480. The largest absolute Gasteiger partial charge is 0.481 e. The third kappa shape index (κ3) is 1.46. The molecular formula is C15H19NO4. The molecule has 1 saturated heterocycles. The number of likely N-dealkylation sites (tertiary alicyclic amines) is 1. The zero-order valence-electron chi connectivity index (χ0n) is 11.3. The number of carboxylic acids is 1. The molecule has 4 rings (SSSR count). The van der Waals surface area contributed by atoms with E-state index in [0.29, 0.717) is 6.42 Å². The molecule has 4 fully saturated rings. The third-order valence-corrected chi connectivity index (χ3v) is 6.06. The van der Waals surface area contributed by atoms with Crippen molar-refractivity contribution in [1.82, 2.24) is 4.90 Å². The average Bonchev–Trinajstić information content (AvgIpc) is 3.11. The van der Waals surface area contributed by atoms with Crippen molar-refractivity contribution < 1.29 is 19.5 Å². The van der Waals surface area contributed by atoms with E-state index < -0.39 is 11.9 Å². The molecule has 6 atom stereocenters. The molecule has 3 aliphatic carbocycles. The Morgan fingerprint density at radius 2 is 1.55 bits per heavy atom. The van der Waals surface area contributed by atoms with Crippen molar-refractivity contribution in [2.45, 2.75) is 44.6 Å². The third-order valence-electron chi connectivity index (χ3n) is 6.06. The smallest absolute Gasteiger partial charge is 0.308 e. The highest BCUT2D eigenvalue weighted by atomic mass is 16.4. The lowest BCUT2D eigenvalue weighted by Crippen LogP contribution is -2.57. The van der Waals surface area contributed by atoms with E-state index >= 15 is 0 Å². The molecule has 4 aliphatic rings. The standard InChI is InChI=1S/C15H19NO4/c17-13-9-3-4-10(6-9)14(18)16(13)12-8-2-1-7(5-8)11(12)15(19)20/h7-12H,1-6H2,(H,19,20). The molecule has 108 valence electrons. The second-order valence-electron chi connectivity index (χ2n) is 6.94. The molecule has 1 aliphatic heterocycles. The number of hydrogen-bond acceptors (Lipinski definition) is 3. The predicted octanol–water partition coefficient (Wildman–Crippen LogP) is 1.27. The maximum atomic E-state index is 12.5. The van der Waals surface area contributed by atoms with E-state index in [1.54, 1.807) is 0 Å². The molecule has 6 unspecified atom stereocenters. The first-order valence-electron chi connectivity index (χ1n) is 7.67. The number of carbonyl (C=O) groups is 3. The molecule has 5 nitrogen and oxygen atoms in total. The quantitative estimate of drug-likeness (QED) is 0.771. The number of hydrogen-bond donors (Lipinski definition) is 1. The molecule has 2 amide bonds. The Balaban J connectivity index is 1.70. The molecule has 3 saturated carbocycles. The van der Waals surface area contributed by atoms with E-state index in [-0.39, 0.29) is 41.5 Å². The Hall–Kier alpha value is -1.39. The van der Waals surface area contributed by atoms with Crippen LogP contribution in [0.3, 0.4) is 0 Å². The summed E-state index contributed by atoms with van der Waals surface area (Å²) in [5.41, 5.74) is 0. The number of carbonyl (C=O) groups excluding carboxylic acids is 2. The van der Waals surface area contributed by atoms with Gasteiger partial charge in [-0.15, -0.1) is 0 Å². The van der Waals surface area contributed by atoms with Gasteiger partial charge in [0.05, 0.1) is 12.0 Å². The van der Waals surface area contributed by atoms with Crippen LogP contribution in [0.1, 0.15) is 38.5 Å². The first kappa shape index (κ1) is 12.4. The summed E-state index contributed by atoms with van der Waals surface area (Å²) in [6.07, 6.45) is 5.04. The van der Waals surface area contributed by atoms with E-state index in [0.717, 1.165) is 32.1 Å². The monoisotopic (exact) mass is 277 g/mol. The van der Waals surface area contributed by atoms with Gasteiger partial charge in [0.25, 0.3) is 0 Å². The summed E-state index contributed by atoms with van der Waals surface area (Å²) < 4.78 is 0.